The Bertz CT molecular complexity index is 1660. The molecule has 0 aliphatic carbocycles. The van der Waals surface area contributed by atoms with E-state index in [4.69, 9.17) is 10.5 Å². The lowest BCUT2D eigenvalue weighted by Gasteiger charge is -2.26. The van der Waals surface area contributed by atoms with Gasteiger partial charge in [0, 0.05) is 43.2 Å². The van der Waals surface area contributed by atoms with E-state index in [2.05, 4.69) is 25.0 Å². The van der Waals surface area contributed by atoms with Crippen molar-refractivity contribution in [3.8, 4) is 22.5 Å². The Hall–Kier alpha value is -4.45. The molecule has 4 heterocycles. The predicted octanol–water partition coefficient (Wildman–Crippen LogP) is 2.68. The Morgan fingerprint density at radius 2 is 1.90 bits per heavy atom. The van der Waals surface area contributed by atoms with Crippen LogP contribution in [0.5, 0.6) is 0 Å². The summed E-state index contributed by atoms with van der Waals surface area (Å²) in [5.41, 5.74) is 6.27. The largest absolute Gasteiger partial charge is 0.379 e. The molecule has 0 spiro atoms. The monoisotopic (exact) mass is 541 g/mol. The molecule has 3 aromatic heterocycles. The molecule has 4 N–H and O–H groups in total. The van der Waals surface area contributed by atoms with Crippen molar-refractivity contribution in [1.82, 2.24) is 29.6 Å². The first-order valence-corrected chi connectivity index (χ1v) is 13.0. The number of carbonyl (C=O) groups is 1. The number of fused-ring (bicyclic) bond motifs is 1. The van der Waals surface area contributed by atoms with Gasteiger partial charge in [-0.1, -0.05) is 42.5 Å². The van der Waals surface area contributed by atoms with Gasteiger partial charge in [-0.15, -0.1) is 0 Å². The van der Waals surface area contributed by atoms with Crippen LogP contribution in [-0.4, -0.2) is 73.5 Å². The van der Waals surface area contributed by atoms with Gasteiger partial charge in [0.05, 0.1) is 37.0 Å². The second kappa shape index (κ2) is 10.6. The van der Waals surface area contributed by atoms with Crippen LogP contribution in [0.1, 0.15) is 11.1 Å². The predicted molar refractivity (Wildman–Crippen MR) is 146 cm³/mol. The Labute approximate surface area is 229 Å². The van der Waals surface area contributed by atoms with E-state index in [1.54, 1.807) is 42.7 Å². The number of rotatable bonds is 8. The highest BCUT2D eigenvalue weighted by Crippen LogP contribution is 2.35. The second-order valence-corrected chi connectivity index (χ2v) is 9.72. The van der Waals surface area contributed by atoms with E-state index in [0.29, 0.717) is 28.1 Å². The standard InChI is InChI=1S/C29H28FN7O3/c30-24-16-19(6-7-23(24)29(39,28(31)38)21-4-2-1-3-5-21)22-8-9-32-27-25(22)34-26(35-27)20-17-33-37(18-20)11-10-36-12-14-40-15-13-36/h1-9,16-18,39H,10-15H2,(H2,31,38)(H,32,34,35). The van der Waals surface area contributed by atoms with Crippen molar-refractivity contribution in [3.05, 3.63) is 90.1 Å². The molecule has 1 aliphatic heterocycles. The molecule has 1 aliphatic rings. The van der Waals surface area contributed by atoms with Crippen LogP contribution in [0.2, 0.25) is 0 Å². The van der Waals surface area contributed by atoms with E-state index in [1.165, 1.54) is 24.3 Å². The van der Waals surface area contributed by atoms with Crippen molar-refractivity contribution in [2.45, 2.75) is 12.1 Å². The zero-order valence-electron chi connectivity index (χ0n) is 21.6. The number of aromatic amines is 1. The number of pyridine rings is 1. The van der Waals surface area contributed by atoms with Crippen LogP contribution in [0.25, 0.3) is 33.7 Å². The SMILES string of the molecule is NC(=O)C(O)(c1ccccc1)c1ccc(-c2ccnc3nc(-c4cnn(CCN5CCOCC5)c4)[nH]c23)cc1F. The van der Waals surface area contributed by atoms with Crippen molar-refractivity contribution in [2.24, 2.45) is 5.73 Å². The van der Waals surface area contributed by atoms with Gasteiger partial charge in [-0.2, -0.15) is 5.10 Å². The van der Waals surface area contributed by atoms with Crippen LogP contribution in [0, 0.1) is 5.82 Å². The molecule has 1 unspecified atom stereocenters. The number of nitrogens with zero attached hydrogens (tertiary/aromatic N) is 5. The Morgan fingerprint density at radius 1 is 1.10 bits per heavy atom. The molecule has 1 atom stereocenters. The summed E-state index contributed by atoms with van der Waals surface area (Å²) in [6.07, 6.45) is 5.28. The topological polar surface area (TPSA) is 135 Å². The summed E-state index contributed by atoms with van der Waals surface area (Å²) in [5.74, 6) is -1.24. The van der Waals surface area contributed by atoms with Gasteiger partial charge in [-0.3, -0.25) is 14.4 Å². The van der Waals surface area contributed by atoms with Crippen molar-refractivity contribution in [2.75, 3.05) is 32.8 Å². The summed E-state index contributed by atoms with van der Waals surface area (Å²) in [6.45, 7) is 4.97. The molecule has 2 aromatic carbocycles. The van der Waals surface area contributed by atoms with Crippen LogP contribution in [0.3, 0.4) is 0 Å². The number of nitrogens with one attached hydrogen (secondary N) is 1. The zero-order chi connectivity index (χ0) is 27.7. The molecule has 1 amide bonds. The molecule has 40 heavy (non-hydrogen) atoms. The number of morpholine rings is 1. The van der Waals surface area contributed by atoms with Gasteiger partial charge in [-0.25, -0.2) is 14.4 Å². The van der Waals surface area contributed by atoms with Crippen LogP contribution >= 0.6 is 0 Å². The average Bonchev–Trinajstić information content (AvgIpc) is 3.64. The van der Waals surface area contributed by atoms with Gasteiger partial charge in [0.1, 0.15) is 11.6 Å². The number of halogens is 1. The lowest BCUT2D eigenvalue weighted by molar-refractivity contribution is -0.133. The highest BCUT2D eigenvalue weighted by Gasteiger charge is 2.40. The van der Waals surface area contributed by atoms with E-state index < -0.39 is 17.3 Å². The van der Waals surface area contributed by atoms with Gasteiger partial charge in [0.25, 0.3) is 5.91 Å². The highest BCUT2D eigenvalue weighted by atomic mass is 19.1. The summed E-state index contributed by atoms with van der Waals surface area (Å²) >= 11 is 0. The average molecular weight is 542 g/mol. The molecule has 0 saturated carbocycles. The Morgan fingerprint density at radius 3 is 2.65 bits per heavy atom. The third-order valence-corrected chi connectivity index (χ3v) is 7.27. The molecule has 6 rings (SSSR count). The second-order valence-electron chi connectivity index (χ2n) is 9.72. The van der Waals surface area contributed by atoms with E-state index >= 15 is 4.39 Å². The highest BCUT2D eigenvalue weighted by molar-refractivity contribution is 5.92. The number of aliphatic hydroxyl groups is 1. The molecule has 5 aromatic rings. The number of hydrogen-bond donors (Lipinski definition) is 3. The minimum Gasteiger partial charge on any atom is -0.379 e. The number of ether oxygens (including phenoxy) is 1. The first-order valence-electron chi connectivity index (χ1n) is 13.0. The minimum atomic E-state index is -2.32. The summed E-state index contributed by atoms with van der Waals surface area (Å²) in [5, 5.41) is 15.7. The number of benzene rings is 2. The summed E-state index contributed by atoms with van der Waals surface area (Å²) in [6, 6.07) is 14.1. The maximum Gasteiger partial charge on any atom is 0.258 e. The van der Waals surface area contributed by atoms with Gasteiger partial charge in [0.2, 0.25) is 0 Å². The van der Waals surface area contributed by atoms with Crippen molar-refractivity contribution in [1.29, 1.82) is 0 Å². The Balaban J connectivity index is 1.29. The number of H-pyrrole nitrogens is 1. The number of primary amides is 1. The van der Waals surface area contributed by atoms with Crippen molar-refractivity contribution >= 4 is 17.1 Å². The molecule has 11 heteroatoms. The molecule has 0 radical (unpaired) electrons. The molecule has 1 saturated heterocycles. The van der Waals surface area contributed by atoms with E-state index in [1.807, 2.05) is 10.9 Å². The minimum absolute atomic E-state index is 0.184. The van der Waals surface area contributed by atoms with Crippen molar-refractivity contribution < 1.29 is 19.0 Å². The van der Waals surface area contributed by atoms with Gasteiger partial charge < -0.3 is 20.6 Å². The number of carbonyl (C=O) groups excluding carboxylic acids is 1. The summed E-state index contributed by atoms with van der Waals surface area (Å²) in [4.78, 5) is 27.0. The number of amides is 1. The van der Waals surface area contributed by atoms with Crippen molar-refractivity contribution in [3.63, 3.8) is 0 Å². The molecular formula is C29H28FN7O3. The molecular weight excluding hydrogens is 513 g/mol. The van der Waals surface area contributed by atoms with E-state index in [0.717, 1.165) is 45.0 Å². The lowest BCUT2D eigenvalue weighted by Crippen LogP contribution is -2.42. The maximum atomic E-state index is 15.5. The van der Waals surface area contributed by atoms with Crippen LogP contribution in [-0.2, 0) is 21.7 Å². The summed E-state index contributed by atoms with van der Waals surface area (Å²) < 4.78 is 22.8. The fourth-order valence-electron chi connectivity index (χ4n) is 5.05. The number of hydrogen-bond acceptors (Lipinski definition) is 7. The molecule has 10 nitrogen and oxygen atoms in total. The third-order valence-electron chi connectivity index (χ3n) is 7.27. The number of aromatic nitrogens is 5. The maximum absolute atomic E-state index is 15.5. The van der Waals surface area contributed by atoms with E-state index in [-0.39, 0.29) is 11.1 Å². The molecule has 1 fully saturated rings. The number of imidazole rings is 1. The van der Waals surface area contributed by atoms with Gasteiger partial charge >= 0.3 is 0 Å². The first kappa shape index (κ1) is 25.8. The van der Waals surface area contributed by atoms with E-state index in [9.17, 15) is 9.90 Å². The van der Waals surface area contributed by atoms with Gasteiger partial charge in [-0.05, 0) is 23.3 Å². The van der Waals surface area contributed by atoms with Crippen LogP contribution in [0.4, 0.5) is 4.39 Å². The van der Waals surface area contributed by atoms with Gasteiger partial charge in [0.15, 0.2) is 11.2 Å². The Kier molecular flexibility index (Phi) is 6.84. The normalized spacial score (nSPS) is 15.8. The fraction of sp³-hybridized carbons (Fsp3) is 0.241. The van der Waals surface area contributed by atoms with Crippen LogP contribution in [0.15, 0.2) is 73.2 Å². The summed E-state index contributed by atoms with van der Waals surface area (Å²) in [7, 11) is 0. The lowest BCUT2D eigenvalue weighted by atomic mass is 9.84. The number of nitrogens with two attached hydrogens (primary N) is 1. The zero-order valence-corrected chi connectivity index (χ0v) is 21.6. The first-order chi connectivity index (χ1) is 19.4. The smallest absolute Gasteiger partial charge is 0.258 e. The fourth-order valence-corrected chi connectivity index (χ4v) is 5.05. The van der Waals surface area contributed by atoms with Crippen LogP contribution < -0.4 is 5.73 Å². The molecule has 204 valence electrons. The molecule has 0 bridgehead atoms. The quantitative estimate of drug-likeness (QED) is 0.275. The third kappa shape index (κ3) is 4.75.